The van der Waals surface area contributed by atoms with Gasteiger partial charge in [0.05, 0.1) is 0 Å². The van der Waals surface area contributed by atoms with Crippen LogP contribution < -0.4 is 10.1 Å². The Kier molecular flexibility index (Phi) is 4.55. The fraction of sp³-hybridized carbons (Fsp3) is 0.643. The van der Waals surface area contributed by atoms with Crippen molar-refractivity contribution in [1.82, 2.24) is 15.2 Å². The minimum Gasteiger partial charge on any atom is -0.473 e. The largest absolute Gasteiger partial charge is 0.473 e. The summed E-state index contributed by atoms with van der Waals surface area (Å²) in [5.74, 6) is 0.722. The Bertz CT molecular complexity index is 377. The summed E-state index contributed by atoms with van der Waals surface area (Å²) in [6, 6.07) is 4.80. The maximum absolute atomic E-state index is 5.81. The maximum Gasteiger partial charge on any atom is 0.213 e. The van der Waals surface area contributed by atoms with Crippen molar-refractivity contribution in [2.24, 2.45) is 0 Å². The molecule has 0 aromatic carbocycles. The highest BCUT2D eigenvalue weighted by Crippen LogP contribution is 2.19. The van der Waals surface area contributed by atoms with E-state index in [1.807, 2.05) is 32.4 Å². The van der Waals surface area contributed by atoms with Gasteiger partial charge in [0, 0.05) is 31.4 Å². The summed E-state index contributed by atoms with van der Waals surface area (Å²) >= 11 is 0. The van der Waals surface area contributed by atoms with Crippen molar-refractivity contribution in [3.63, 3.8) is 0 Å². The van der Waals surface area contributed by atoms with Gasteiger partial charge in [0.2, 0.25) is 5.88 Å². The summed E-state index contributed by atoms with van der Waals surface area (Å²) in [5.41, 5.74) is 1.24. The van der Waals surface area contributed by atoms with Crippen molar-refractivity contribution in [3.8, 4) is 5.88 Å². The first-order valence-corrected chi connectivity index (χ1v) is 6.63. The zero-order valence-electron chi connectivity index (χ0n) is 11.5. The van der Waals surface area contributed by atoms with Crippen LogP contribution in [0.2, 0.25) is 0 Å². The molecule has 0 aliphatic heterocycles. The van der Waals surface area contributed by atoms with Gasteiger partial charge in [-0.3, -0.25) is 0 Å². The lowest BCUT2D eigenvalue weighted by atomic mass is 10.2. The second kappa shape index (κ2) is 6.16. The number of nitrogens with one attached hydrogen (secondary N) is 1. The zero-order valence-corrected chi connectivity index (χ0v) is 11.5. The van der Waals surface area contributed by atoms with Crippen LogP contribution >= 0.6 is 0 Å². The molecule has 100 valence electrons. The molecule has 1 unspecified atom stereocenters. The molecule has 1 saturated carbocycles. The standard InChI is InChI=1S/C14H23N3O/c1-11(10-17(2)3)18-14-8-12(6-7-15-14)9-16-13-4-5-13/h6-8,11,13,16H,4-5,9-10H2,1-3H3. The number of hydrogen-bond acceptors (Lipinski definition) is 4. The molecule has 2 rings (SSSR count). The van der Waals surface area contributed by atoms with Gasteiger partial charge in [0.1, 0.15) is 6.10 Å². The molecule has 18 heavy (non-hydrogen) atoms. The monoisotopic (exact) mass is 249 g/mol. The molecular formula is C14H23N3O. The Morgan fingerprint density at radius 2 is 2.28 bits per heavy atom. The van der Waals surface area contributed by atoms with Crippen LogP contribution in [0.25, 0.3) is 0 Å². The molecule has 1 fully saturated rings. The van der Waals surface area contributed by atoms with Crippen molar-refractivity contribution in [2.45, 2.75) is 38.5 Å². The Hall–Kier alpha value is -1.13. The number of aromatic nitrogens is 1. The van der Waals surface area contributed by atoms with E-state index in [0.29, 0.717) is 0 Å². The summed E-state index contributed by atoms with van der Waals surface area (Å²) < 4.78 is 5.81. The third kappa shape index (κ3) is 4.63. The van der Waals surface area contributed by atoms with Crippen LogP contribution in [0.4, 0.5) is 0 Å². The highest BCUT2D eigenvalue weighted by molar-refractivity contribution is 5.20. The number of pyridine rings is 1. The highest BCUT2D eigenvalue weighted by atomic mass is 16.5. The SMILES string of the molecule is CC(CN(C)C)Oc1cc(CNC2CC2)ccn1. The molecule has 0 amide bonds. The van der Waals surface area contributed by atoms with Crippen molar-refractivity contribution in [1.29, 1.82) is 0 Å². The predicted molar refractivity (Wildman–Crippen MR) is 72.7 cm³/mol. The molecule has 1 heterocycles. The molecule has 0 spiro atoms. The van der Waals surface area contributed by atoms with Gasteiger partial charge >= 0.3 is 0 Å². The van der Waals surface area contributed by atoms with Crippen molar-refractivity contribution in [2.75, 3.05) is 20.6 Å². The van der Waals surface area contributed by atoms with Gasteiger partial charge in [-0.2, -0.15) is 0 Å². The lowest BCUT2D eigenvalue weighted by molar-refractivity contribution is 0.170. The fourth-order valence-electron chi connectivity index (χ4n) is 1.93. The lowest BCUT2D eigenvalue weighted by Crippen LogP contribution is -2.28. The first-order chi connectivity index (χ1) is 8.63. The second-order valence-corrected chi connectivity index (χ2v) is 5.35. The molecule has 1 aliphatic carbocycles. The Labute approximate surface area is 109 Å². The average Bonchev–Trinajstić information content (AvgIpc) is 3.09. The van der Waals surface area contributed by atoms with Crippen LogP contribution in [0.1, 0.15) is 25.3 Å². The van der Waals surface area contributed by atoms with Crippen molar-refractivity contribution < 1.29 is 4.74 Å². The predicted octanol–water partition coefficient (Wildman–Crippen LogP) is 1.66. The van der Waals surface area contributed by atoms with E-state index in [2.05, 4.69) is 22.1 Å². The molecule has 1 N–H and O–H groups in total. The molecule has 0 radical (unpaired) electrons. The Morgan fingerprint density at radius 1 is 1.50 bits per heavy atom. The van der Waals surface area contributed by atoms with E-state index in [1.165, 1.54) is 18.4 Å². The Balaban J connectivity index is 1.85. The number of nitrogens with zero attached hydrogens (tertiary/aromatic N) is 2. The van der Waals surface area contributed by atoms with Gasteiger partial charge < -0.3 is 15.0 Å². The fourth-order valence-corrected chi connectivity index (χ4v) is 1.93. The lowest BCUT2D eigenvalue weighted by Gasteiger charge is -2.18. The van der Waals surface area contributed by atoms with E-state index in [9.17, 15) is 0 Å². The van der Waals surface area contributed by atoms with Crippen LogP contribution in [0.3, 0.4) is 0 Å². The maximum atomic E-state index is 5.81. The molecule has 1 atom stereocenters. The summed E-state index contributed by atoms with van der Waals surface area (Å²) in [4.78, 5) is 6.38. The molecule has 1 aromatic heterocycles. The molecule has 1 aliphatic rings. The minimum absolute atomic E-state index is 0.152. The van der Waals surface area contributed by atoms with Gasteiger partial charge in [-0.1, -0.05) is 0 Å². The topological polar surface area (TPSA) is 37.4 Å². The van der Waals surface area contributed by atoms with E-state index in [0.717, 1.165) is 25.0 Å². The third-order valence-electron chi connectivity index (χ3n) is 2.92. The normalized spacial score (nSPS) is 16.9. The van der Waals surface area contributed by atoms with E-state index < -0.39 is 0 Å². The first kappa shape index (κ1) is 13.3. The van der Waals surface area contributed by atoms with Crippen LogP contribution in [0.5, 0.6) is 5.88 Å². The molecule has 1 aromatic rings. The molecule has 0 saturated heterocycles. The van der Waals surface area contributed by atoms with Crippen molar-refractivity contribution in [3.05, 3.63) is 23.9 Å². The van der Waals surface area contributed by atoms with E-state index in [-0.39, 0.29) is 6.10 Å². The smallest absolute Gasteiger partial charge is 0.213 e. The highest BCUT2D eigenvalue weighted by Gasteiger charge is 2.20. The minimum atomic E-state index is 0.152. The van der Waals surface area contributed by atoms with E-state index >= 15 is 0 Å². The summed E-state index contributed by atoms with van der Waals surface area (Å²) in [6.45, 7) is 3.87. The Morgan fingerprint density at radius 3 is 2.94 bits per heavy atom. The van der Waals surface area contributed by atoms with Gasteiger partial charge in [-0.25, -0.2) is 4.98 Å². The molecule has 4 heteroatoms. The van der Waals surface area contributed by atoms with Crippen LogP contribution in [-0.4, -0.2) is 42.7 Å². The van der Waals surface area contributed by atoms with Crippen LogP contribution in [0.15, 0.2) is 18.3 Å². The summed E-state index contributed by atoms with van der Waals surface area (Å²) in [6.07, 6.45) is 4.60. The first-order valence-electron chi connectivity index (χ1n) is 6.63. The second-order valence-electron chi connectivity index (χ2n) is 5.35. The third-order valence-corrected chi connectivity index (χ3v) is 2.92. The van der Waals surface area contributed by atoms with Gasteiger partial charge in [0.15, 0.2) is 0 Å². The van der Waals surface area contributed by atoms with Gasteiger partial charge in [-0.05, 0) is 45.5 Å². The number of hydrogen-bond donors (Lipinski definition) is 1. The zero-order chi connectivity index (χ0) is 13.0. The van der Waals surface area contributed by atoms with E-state index in [4.69, 9.17) is 4.74 Å². The number of likely N-dealkylation sites (N-methyl/N-ethyl adjacent to an activating group) is 1. The summed E-state index contributed by atoms with van der Waals surface area (Å²) in [7, 11) is 4.09. The average molecular weight is 249 g/mol. The van der Waals surface area contributed by atoms with Crippen molar-refractivity contribution >= 4 is 0 Å². The quantitative estimate of drug-likeness (QED) is 0.797. The van der Waals surface area contributed by atoms with Gasteiger partial charge in [0.25, 0.3) is 0 Å². The molecule has 4 nitrogen and oxygen atoms in total. The molecular weight excluding hydrogens is 226 g/mol. The van der Waals surface area contributed by atoms with E-state index in [1.54, 1.807) is 0 Å². The van der Waals surface area contributed by atoms with Crippen LogP contribution in [-0.2, 0) is 6.54 Å². The summed E-state index contributed by atoms with van der Waals surface area (Å²) in [5, 5.41) is 3.49. The number of ether oxygens (including phenoxy) is 1. The number of rotatable bonds is 7. The van der Waals surface area contributed by atoms with Crippen LogP contribution in [0, 0.1) is 0 Å². The molecule has 0 bridgehead atoms. The van der Waals surface area contributed by atoms with Gasteiger partial charge in [-0.15, -0.1) is 0 Å².